The lowest BCUT2D eigenvalue weighted by Crippen LogP contribution is -1.62. The highest BCUT2D eigenvalue weighted by atomic mass is 28.2. The fraction of sp³-hybridized carbons (Fsp3) is 0. The summed E-state index contributed by atoms with van der Waals surface area (Å²) in [6.07, 6.45) is 1.84. The van der Waals surface area contributed by atoms with Gasteiger partial charge in [0.2, 0.25) is 9.38 Å². The molecule has 0 radical (unpaired) electrons. The van der Waals surface area contributed by atoms with E-state index in [-0.39, 0.29) is 9.38 Å². The second-order valence-electron chi connectivity index (χ2n) is 2.00. The lowest BCUT2D eigenvalue weighted by molar-refractivity contribution is 0.678. The van der Waals surface area contributed by atoms with E-state index in [4.69, 9.17) is 4.10 Å². The normalized spacial score (nSPS) is 10.2. The fourth-order valence-corrected chi connectivity index (χ4v) is 1.76. The summed E-state index contributed by atoms with van der Waals surface area (Å²) in [5.74, 6) is 0. The number of hydrogen-bond acceptors (Lipinski definition) is 1. The Balaban J connectivity index is 2.95. The van der Waals surface area contributed by atoms with Gasteiger partial charge < -0.3 is 4.10 Å². The molecule has 0 spiro atoms. The Morgan fingerprint density at radius 3 is 3.00 bits per heavy atom. The first kappa shape index (κ1) is 4.94. The largest absolute Gasteiger partial charge is 0.524 e. The highest BCUT2D eigenvalue weighted by Gasteiger charge is 1.89. The molecule has 0 aliphatic carbocycles. The van der Waals surface area contributed by atoms with E-state index in [9.17, 15) is 0 Å². The van der Waals surface area contributed by atoms with E-state index >= 15 is 0 Å². The SMILES string of the molecule is c1ccc2[siH]occ2c1. The van der Waals surface area contributed by atoms with Gasteiger partial charge in [-0.3, -0.25) is 0 Å². The van der Waals surface area contributed by atoms with Crippen molar-refractivity contribution < 1.29 is 4.10 Å². The third-order valence-electron chi connectivity index (χ3n) is 1.39. The van der Waals surface area contributed by atoms with Gasteiger partial charge in [0.1, 0.15) is 0 Å². The van der Waals surface area contributed by atoms with Crippen molar-refractivity contribution in [3.05, 3.63) is 30.5 Å². The molecule has 1 aromatic carbocycles. The van der Waals surface area contributed by atoms with E-state index in [0.717, 1.165) is 0 Å². The van der Waals surface area contributed by atoms with Crippen LogP contribution in [0, 0.1) is 0 Å². The third kappa shape index (κ3) is 0.714. The van der Waals surface area contributed by atoms with Gasteiger partial charge in [-0.2, -0.15) is 0 Å². The number of fused-ring (bicyclic) bond motifs is 1. The maximum atomic E-state index is 5.17. The number of hydrogen-bond donors (Lipinski definition) is 0. The quantitative estimate of drug-likeness (QED) is 0.498. The maximum Gasteiger partial charge on any atom is 0.231 e. The van der Waals surface area contributed by atoms with Crippen molar-refractivity contribution >= 4 is 19.8 Å². The zero-order valence-corrected chi connectivity index (χ0v) is 6.03. The zero-order chi connectivity index (χ0) is 6.10. The van der Waals surface area contributed by atoms with Gasteiger partial charge in [-0.25, -0.2) is 0 Å². The van der Waals surface area contributed by atoms with E-state index in [0.29, 0.717) is 0 Å². The summed E-state index contributed by atoms with van der Waals surface area (Å²) in [6.45, 7) is 0. The first-order chi connectivity index (χ1) is 4.47. The van der Waals surface area contributed by atoms with Crippen LogP contribution < -0.4 is 0 Å². The Bertz CT molecular complexity index is 283. The van der Waals surface area contributed by atoms with Crippen molar-refractivity contribution in [2.75, 3.05) is 0 Å². The van der Waals surface area contributed by atoms with Crippen LogP contribution in [-0.4, -0.2) is 9.38 Å². The highest BCUT2D eigenvalue weighted by Crippen LogP contribution is 2.08. The van der Waals surface area contributed by atoms with Gasteiger partial charge in [0.15, 0.2) is 0 Å². The highest BCUT2D eigenvalue weighted by molar-refractivity contribution is 6.39. The Morgan fingerprint density at radius 1 is 1.22 bits per heavy atom. The molecule has 2 aromatic rings. The summed E-state index contributed by atoms with van der Waals surface area (Å²) in [5.41, 5.74) is 0. The van der Waals surface area contributed by atoms with Crippen molar-refractivity contribution in [3.63, 3.8) is 0 Å². The van der Waals surface area contributed by atoms with E-state index in [2.05, 4.69) is 12.1 Å². The molecule has 0 atom stereocenters. The van der Waals surface area contributed by atoms with E-state index < -0.39 is 0 Å². The number of benzene rings is 1. The summed E-state index contributed by atoms with van der Waals surface area (Å²) < 4.78 is 5.17. The second kappa shape index (κ2) is 1.81. The van der Waals surface area contributed by atoms with Crippen LogP contribution in [0.25, 0.3) is 10.4 Å². The molecule has 9 heavy (non-hydrogen) atoms. The summed E-state index contributed by atoms with van der Waals surface area (Å²) in [7, 11) is 0.0801. The van der Waals surface area contributed by atoms with Crippen molar-refractivity contribution in [2.45, 2.75) is 0 Å². The lowest BCUT2D eigenvalue weighted by Gasteiger charge is -1.80. The van der Waals surface area contributed by atoms with Gasteiger partial charge in [0.05, 0.1) is 6.26 Å². The van der Waals surface area contributed by atoms with Gasteiger partial charge >= 0.3 is 0 Å². The molecule has 0 fully saturated rings. The van der Waals surface area contributed by atoms with Crippen LogP contribution in [0.5, 0.6) is 0 Å². The van der Waals surface area contributed by atoms with Crippen molar-refractivity contribution in [1.82, 2.24) is 0 Å². The van der Waals surface area contributed by atoms with Crippen LogP contribution in [0.4, 0.5) is 0 Å². The Kier molecular flexibility index (Phi) is 0.992. The van der Waals surface area contributed by atoms with E-state index in [1.54, 1.807) is 0 Å². The molecule has 0 saturated carbocycles. The Labute approximate surface area is 55.2 Å². The van der Waals surface area contributed by atoms with Crippen LogP contribution in [0.1, 0.15) is 0 Å². The van der Waals surface area contributed by atoms with Crippen molar-refractivity contribution in [3.8, 4) is 0 Å². The molecule has 1 heterocycles. The topological polar surface area (TPSA) is 13.1 Å². The standard InChI is InChI=1S/C7H6OSi/c1-2-4-7-6(3-1)5-8-9-7/h1-5,9H. The molecule has 0 N–H and O–H groups in total. The summed E-state index contributed by atoms with van der Waals surface area (Å²) >= 11 is 0. The Morgan fingerprint density at radius 2 is 2.11 bits per heavy atom. The third-order valence-corrected chi connectivity index (χ3v) is 2.44. The molecule has 2 heteroatoms. The molecule has 0 saturated heterocycles. The van der Waals surface area contributed by atoms with Crippen LogP contribution in [0.15, 0.2) is 34.6 Å². The van der Waals surface area contributed by atoms with Gasteiger partial charge in [-0.05, 0) is 0 Å². The predicted molar refractivity (Wildman–Crippen MR) is 39.0 cm³/mol. The lowest BCUT2D eigenvalue weighted by atomic mass is 10.3. The van der Waals surface area contributed by atoms with Gasteiger partial charge in [-0.1, -0.05) is 24.3 Å². The molecular weight excluding hydrogens is 128 g/mol. The molecule has 0 bridgehead atoms. The van der Waals surface area contributed by atoms with Crippen LogP contribution >= 0.6 is 0 Å². The predicted octanol–water partition coefficient (Wildman–Crippen LogP) is 1.50. The van der Waals surface area contributed by atoms with Crippen LogP contribution in [-0.2, 0) is 0 Å². The summed E-state index contributed by atoms with van der Waals surface area (Å²) in [4.78, 5) is 1.37. The van der Waals surface area contributed by atoms with E-state index in [1.165, 1.54) is 10.4 Å². The molecule has 2 rings (SSSR count). The summed E-state index contributed by atoms with van der Waals surface area (Å²) in [5, 5.41) is 1.26. The molecule has 0 aliphatic rings. The molecule has 44 valence electrons. The average molecular weight is 134 g/mol. The minimum Gasteiger partial charge on any atom is -0.524 e. The van der Waals surface area contributed by atoms with Crippen molar-refractivity contribution in [1.29, 1.82) is 0 Å². The van der Waals surface area contributed by atoms with Crippen LogP contribution in [0.3, 0.4) is 0 Å². The van der Waals surface area contributed by atoms with Gasteiger partial charge in [-0.15, -0.1) is 0 Å². The van der Waals surface area contributed by atoms with E-state index in [1.807, 2.05) is 18.4 Å². The van der Waals surface area contributed by atoms with Gasteiger partial charge in [0, 0.05) is 10.4 Å². The molecule has 0 amide bonds. The van der Waals surface area contributed by atoms with Crippen molar-refractivity contribution in [2.24, 2.45) is 0 Å². The maximum absolute atomic E-state index is 5.17. The molecular formula is C7H6OSi. The number of rotatable bonds is 0. The van der Waals surface area contributed by atoms with Crippen LogP contribution in [0.2, 0.25) is 0 Å². The molecule has 1 aromatic heterocycles. The zero-order valence-electron chi connectivity index (χ0n) is 4.87. The minimum absolute atomic E-state index is 0.0801. The average Bonchev–Trinajstić information content (AvgIpc) is 2.33. The van der Waals surface area contributed by atoms with Gasteiger partial charge in [0.25, 0.3) is 0 Å². The first-order valence-electron chi connectivity index (χ1n) is 2.88. The molecule has 0 aliphatic heterocycles. The molecule has 1 nitrogen and oxygen atoms in total. The summed E-state index contributed by atoms with van der Waals surface area (Å²) in [6, 6.07) is 8.28. The second-order valence-corrected chi connectivity index (χ2v) is 3.13. The molecule has 0 unspecified atom stereocenters. The monoisotopic (exact) mass is 134 g/mol. The Hall–Kier alpha value is -0.893. The smallest absolute Gasteiger partial charge is 0.231 e. The first-order valence-corrected chi connectivity index (χ1v) is 3.92. The fourth-order valence-electron chi connectivity index (χ4n) is 0.906. The minimum atomic E-state index is 0.0801.